The van der Waals surface area contributed by atoms with Crippen LogP contribution in [0.2, 0.25) is 0 Å². The van der Waals surface area contributed by atoms with E-state index in [-0.39, 0.29) is 17.5 Å². The molecule has 0 N–H and O–H groups in total. The smallest absolute Gasteiger partial charge is 0.257 e. The third-order valence-electron chi connectivity index (χ3n) is 5.98. The molecule has 0 aliphatic carbocycles. The lowest BCUT2D eigenvalue weighted by Crippen LogP contribution is -2.49. The molecule has 32 heavy (non-hydrogen) atoms. The number of aromatic nitrogens is 7. The van der Waals surface area contributed by atoms with Gasteiger partial charge in [-0.15, -0.1) is 10.2 Å². The molecule has 1 atom stereocenters. The van der Waals surface area contributed by atoms with Crippen molar-refractivity contribution in [3.05, 3.63) is 46.4 Å². The van der Waals surface area contributed by atoms with Gasteiger partial charge in [0.2, 0.25) is 5.91 Å². The van der Waals surface area contributed by atoms with Gasteiger partial charge in [-0.05, 0) is 26.0 Å². The van der Waals surface area contributed by atoms with Crippen molar-refractivity contribution in [2.24, 2.45) is 0 Å². The van der Waals surface area contributed by atoms with E-state index in [4.69, 9.17) is 0 Å². The van der Waals surface area contributed by atoms with Crippen molar-refractivity contribution in [3.63, 3.8) is 0 Å². The van der Waals surface area contributed by atoms with Gasteiger partial charge in [0.05, 0.1) is 6.04 Å². The highest BCUT2D eigenvalue weighted by Crippen LogP contribution is 2.33. The van der Waals surface area contributed by atoms with Crippen LogP contribution < -0.4 is 10.5 Å². The standard InChI is InChI=1S/C20H23N9O2S/c1-13-14(2)23-20-29(19(13)31)15(10-32-20)9-18(30)27-7-5-26(6-8-27)16-3-4-17(25-24-16)28-12-21-11-22-28/h3-4,11-12,15H,5-10H2,1-2H3. The Labute approximate surface area is 188 Å². The van der Waals surface area contributed by atoms with Gasteiger partial charge in [0.15, 0.2) is 16.8 Å². The van der Waals surface area contributed by atoms with Crippen LogP contribution in [0.1, 0.15) is 23.7 Å². The molecule has 5 rings (SSSR count). The molecule has 2 aliphatic heterocycles. The minimum Gasteiger partial charge on any atom is -0.352 e. The highest BCUT2D eigenvalue weighted by Gasteiger charge is 2.31. The van der Waals surface area contributed by atoms with Crippen molar-refractivity contribution in [2.45, 2.75) is 31.5 Å². The lowest BCUT2D eigenvalue weighted by molar-refractivity contribution is -0.132. The average Bonchev–Trinajstić information content (AvgIpc) is 3.48. The lowest BCUT2D eigenvalue weighted by Gasteiger charge is -2.35. The molecule has 3 aromatic heterocycles. The second kappa shape index (κ2) is 8.34. The van der Waals surface area contributed by atoms with Crippen LogP contribution in [0.25, 0.3) is 5.82 Å². The first-order chi connectivity index (χ1) is 15.5. The molecule has 1 amide bonds. The summed E-state index contributed by atoms with van der Waals surface area (Å²) in [4.78, 5) is 38.1. The molecule has 0 spiro atoms. The Balaban J connectivity index is 1.20. The molecule has 5 heterocycles. The number of thioether (sulfide) groups is 1. The SMILES string of the molecule is Cc1nc2n(c(=O)c1C)C(CC(=O)N1CCN(c3ccc(-n4cncn4)nn3)CC1)CS2. The summed E-state index contributed by atoms with van der Waals surface area (Å²) in [6, 6.07) is 3.60. The van der Waals surface area contributed by atoms with E-state index >= 15 is 0 Å². The van der Waals surface area contributed by atoms with Gasteiger partial charge in [-0.2, -0.15) is 5.10 Å². The normalized spacial score (nSPS) is 18.1. The summed E-state index contributed by atoms with van der Waals surface area (Å²) in [5.74, 6) is 2.14. The van der Waals surface area contributed by atoms with Crippen LogP contribution >= 0.6 is 11.8 Å². The molecule has 1 unspecified atom stereocenters. The fourth-order valence-corrected chi connectivity index (χ4v) is 5.15. The Morgan fingerprint density at radius 3 is 2.56 bits per heavy atom. The van der Waals surface area contributed by atoms with E-state index in [1.54, 1.807) is 34.3 Å². The summed E-state index contributed by atoms with van der Waals surface area (Å²) in [5.41, 5.74) is 1.38. The Morgan fingerprint density at radius 1 is 1.12 bits per heavy atom. The van der Waals surface area contributed by atoms with Crippen molar-refractivity contribution in [3.8, 4) is 5.82 Å². The van der Waals surface area contributed by atoms with E-state index in [1.807, 2.05) is 24.0 Å². The number of nitrogens with zero attached hydrogens (tertiary/aromatic N) is 9. The van der Waals surface area contributed by atoms with Gasteiger partial charge >= 0.3 is 0 Å². The van der Waals surface area contributed by atoms with E-state index in [0.29, 0.717) is 54.9 Å². The summed E-state index contributed by atoms with van der Waals surface area (Å²) in [6.07, 6.45) is 3.34. The maximum Gasteiger partial charge on any atom is 0.257 e. The average molecular weight is 454 g/mol. The number of hydrogen-bond acceptors (Lipinski definition) is 9. The van der Waals surface area contributed by atoms with E-state index in [9.17, 15) is 9.59 Å². The first-order valence-electron chi connectivity index (χ1n) is 10.5. The number of aryl methyl sites for hydroxylation is 1. The van der Waals surface area contributed by atoms with Crippen molar-refractivity contribution in [2.75, 3.05) is 36.8 Å². The molecule has 166 valence electrons. The summed E-state index contributed by atoms with van der Waals surface area (Å²) in [5, 5.41) is 13.3. The number of anilines is 1. The molecule has 0 aromatic carbocycles. The van der Waals surface area contributed by atoms with Crippen molar-refractivity contribution >= 4 is 23.5 Å². The summed E-state index contributed by atoms with van der Waals surface area (Å²) in [7, 11) is 0. The second-order valence-electron chi connectivity index (χ2n) is 7.91. The number of rotatable bonds is 4. The Bertz CT molecular complexity index is 1190. The number of piperazine rings is 1. The van der Waals surface area contributed by atoms with E-state index < -0.39 is 0 Å². The molecule has 1 fully saturated rings. The predicted molar refractivity (Wildman–Crippen MR) is 118 cm³/mol. The van der Waals surface area contributed by atoms with E-state index in [1.165, 1.54) is 6.33 Å². The van der Waals surface area contributed by atoms with Crippen LogP contribution in [0.5, 0.6) is 0 Å². The Hall–Kier alpha value is -3.28. The van der Waals surface area contributed by atoms with Gasteiger partial charge in [0.1, 0.15) is 12.7 Å². The molecule has 3 aromatic rings. The zero-order valence-electron chi connectivity index (χ0n) is 17.9. The molecule has 2 aliphatic rings. The molecule has 1 saturated heterocycles. The summed E-state index contributed by atoms with van der Waals surface area (Å²) < 4.78 is 3.25. The first kappa shape index (κ1) is 20.6. The van der Waals surface area contributed by atoms with E-state index in [0.717, 1.165) is 11.5 Å². The molecule has 0 bridgehead atoms. The quantitative estimate of drug-likeness (QED) is 0.524. The second-order valence-corrected chi connectivity index (χ2v) is 8.89. The zero-order valence-corrected chi connectivity index (χ0v) is 18.7. The highest BCUT2D eigenvalue weighted by atomic mass is 32.2. The van der Waals surface area contributed by atoms with Gasteiger partial charge in [-0.1, -0.05) is 11.8 Å². The fourth-order valence-electron chi connectivity index (χ4n) is 3.97. The van der Waals surface area contributed by atoms with Crippen molar-refractivity contribution < 1.29 is 4.79 Å². The minimum absolute atomic E-state index is 0.0342. The largest absolute Gasteiger partial charge is 0.352 e. The number of carbonyl (C=O) groups is 1. The third kappa shape index (κ3) is 3.74. The topological polar surface area (TPSA) is 115 Å². The molecule has 11 nitrogen and oxygen atoms in total. The highest BCUT2D eigenvalue weighted by molar-refractivity contribution is 7.99. The number of carbonyl (C=O) groups excluding carboxylic acids is 1. The molecule has 0 radical (unpaired) electrons. The third-order valence-corrected chi connectivity index (χ3v) is 7.08. The summed E-state index contributed by atoms with van der Waals surface area (Å²) in [6.45, 7) is 6.22. The number of amides is 1. The van der Waals surface area contributed by atoms with Gasteiger partial charge in [0, 0.05) is 49.6 Å². The number of hydrogen-bond donors (Lipinski definition) is 0. The van der Waals surface area contributed by atoms with Gasteiger partial charge < -0.3 is 9.80 Å². The molecular weight excluding hydrogens is 430 g/mol. The lowest BCUT2D eigenvalue weighted by atomic mass is 10.1. The maximum absolute atomic E-state index is 13.0. The van der Waals surface area contributed by atoms with Crippen LogP contribution in [0, 0.1) is 13.8 Å². The summed E-state index contributed by atoms with van der Waals surface area (Å²) >= 11 is 1.55. The zero-order chi connectivity index (χ0) is 22.2. The van der Waals surface area contributed by atoms with Crippen LogP contribution in [0.3, 0.4) is 0 Å². The van der Waals surface area contributed by atoms with Crippen molar-refractivity contribution in [1.82, 2.24) is 39.4 Å². The fraction of sp³-hybridized carbons (Fsp3) is 0.450. The van der Waals surface area contributed by atoms with Crippen LogP contribution in [-0.4, -0.2) is 77.3 Å². The molecule has 0 saturated carbocycles. The van der Waals surface area contributed by atoms with Gasteiger partial charge in [-0.25, -0.2) is 14.6 Å². The predicted octanol–water partition coefficient (Wildman–Crippen LogP) is 0.617. The monoisotopic (exact) mass is 453 g/mol. The first-order valence-corrected chi connectivity index (χ1v) is 11.4. The van der Waals surface area contributed by atoms with Gasteiger partial charge in [0.25, 0.3) is 5.56 Å². The molecular formula is C20H23N9O2S. The van der Waals surface area contributed by atoms with E-state index in [2.05, 4.69) is 30.2 Å². The minimum atomic E-state index is -0.143. The Morgan fingerprint density at radius 2 is 1.88 bits per heavy atom. The van der Waals surface area contributed by atoms with Gasteiger partial charge in [-0.3, -0.25) is 14.2 Å². The van der Waals surface area contributed by atoms with Crippen LogP contribution in [-0.2, 0) is 4.79 Å². The maximum atomic E-state index is 13.0. The number of fused-ring (bicyclic) bond motifs is 1. The molecule has 12 heteroatoms. The van der Waals surface area contributed by atoms with Crippen LogP contribution in [0.15, 0.2) is 34.7 Å². The Kier molecular flexibility index (Phi) is 5.37. The van der Waals surface area contributed by atoms with Crippen LogP contribution in [0.4, 0.5) is 5.82 Å². The van der Waals surface area contributed by atoms with Crippen molar-refractivity contribution in [1.29, 1.82) is 0 Å².